The fraction of sp³-hybridized carbons (Fsp3) is 0. The minimum atomic E-state index is 0.517. The Kier molecular flexibility index (Phi) is 2.59. The van der Waals surface area contributed by atoms with Crippen LogP contribution in [0.2, 0.25) is 0 Å². The summed E-state index contributed by atoms with van der Waals surface area (Å²) in [5.74, 6) is 0. The standard InChI is InChI=1S/C13H10N2OS/c16-17-13-14-11-8-4-7-10(12(11)15-13)9-5-2-1-3-6-9/h1-8,16H,(H,14,15). The highest BCUT2D eigenvalue weighted by Crippen LogP contribution is 2.28. The molecular weight excluding hydrogens is 232 g/mol. The first-order valence-electron chi connectivity index (χ1n) is 5.24. The molecule has 0 spiro atoms. The van der Waals surface area contributed by atoms with Gasteiger partial charge >= 0.3 is 0 Å². The smallest absolute Gasteiger partial charge is 0.193 e. The van der Waals surface area contributed by atoms with Gasteiger partial charge in [0.1, 0.15) is 0 Å². The van der Waals surface area contributed by atoms with E-state index >= 15 is 0 Å². The molecule has 0 amide bonds. The van der Waals surface area contributed by atoms with Crippen LogP contribution in [0.3, 0.4) is 0 Å². The molecule has 0 radical (unpaired) electrons. The maximum absolute atomic E-state index is 9.02. The Morgan fingerprint density at radius 1 is 1.00 bits per heavy atom. The number of nitrogens with one attached hydrogen (secondary N) is 1. The summed E-state index contributed by atoms with van der Waals surface area (Å²) in [6.07, 6.45) is 0. The molecule has 0 fully saturated rings. The van der Waals surface area contributed by atoms with Crippen molar-refractivity contribution in [2.45, 2.75) is 5.16 Å². The third kappa shape index (κ3) is 1.81. The molecule has 0 atom stereocenters. The van der Waals surface area contributed by atoms with Crippen molar-refractivity contribution in [3.8, 4) is 11.1 Å². The van der Waals surface area contributed by atoms with Crippen LogP contribution in [0.5, 0.6) is 0 Å². The summed E-state index contributed by atoms with van der Waals surface area (Å²) in [5, 5.41) is 0.517. The molecule has 3 rings (SSSR count). The highest BCUT2D eigenvalue weighted by Gasteiger charge is 2.08. The number of nitrogens with zero attached hydrogens (tertiary/aromatic N) is 1. The number of rotatable bonds is 2. The van der Waals surface area contributed by atoms with Crippen LogP contribution in [0.15, 0.2) is 53.7 Å². The molecule has 3 aromatic rings. The summed E-state index contributed by atoms with van der Waals surface area (Å²) < 4.78 is 9.02. The van der Waals surface area contributed by atoms with Crippen molar-refractivity contribution in [3.05, 3.63) is 48.5 Å². The molecule has 17 heavy (non-hydrogen) atoms. The van der Waals surface area contributed by atoms with E-state index in [1.54, 1.807) is 0 Å². The maximum Gasteiger partial charge on any atom is 0.193 e. The van der Waals surface area contributed by atoms with Gasteiger partial charge in [-0.2, -0.15) is 0 Å². The van der Waals surface area contributed by atoms with Gasteiger partial charge in [0.05, 0.1) is 23.1 Å². The Labute approximate surface area is 103 Å². The summed E-state index contributed by atoms with van der Waals surface area (Å²) in [4.78, 5) is 7.42. The third-order valence-electron chi connectivity index (χ3n) is 2.66. The van der Waals surface area contributed by atoms with Crippen LogP contribution in [0, 0.1) is 0 Å². The van der Waals surface area contributed by atoms with E-state index in [-0.39, 0.29) is 0 Å². The number of benzene rings is 2. The molecule has 3 nitrogen and oxygen atoms in total. The lowest BCUT2D eigenvalue weighted by Crippen LogP contribution is -1.79. The van der Waals surface area contributed by atoms with Crippen LogP contribution < -0.4 is 0 Å². The van der Waals surface area contributed by atoms with Gasteiger partial charge < -0.3 is 9.54 Å². The summed E-state index contributed by atoms with van der Waals surface area (Å²) in [5.41, 5.74) is 4.01. The maximum atomic E-state index is 9.02. The number of fused-ring (bicyclic) bond motifs is 1. The van der Waals surface area contributed by atoms with Gasteiger partial charge in [-0.3, -0.25) is 0 Å². The van der Waals surface area contributed by atoms with Crippen molar-refractivity contribution in [2.24, 2.45) is 0 Å². The number of aromatic nitrogens is 2. The monoisotopic (exact) mass is 242 g/mol. The first-order valence-corrected chi connectivity index (χ1v) is 6.01. The predicted molar refractivity (Wildman–Crippen MR) is 70.0 cm³/mol. The van der Waals surface area contributed by atoms with E-state index in [2.05, 4.69) is 22.1 Å². The lowest BCUT2D eigenvalue weighted by molar-refractivity contribution is 0.657. The van der Waals surface area contributed by atoms with Gasteiger partial charge in [-0.1, -0.05) is 42.5 Å². The van der Waals surface area contributed by atoms with Crippen molar-refractivity contribution in [1.82, 2.24) is 9.97 Å². The first-order chi connectivity index (χ1) is 8.38. The largest absolute Gasteiger partial charge is 0.331 e. The van der Waals surface area contributed by atoms with Gasteiger partial charge in [0, 0.05) is 5.56 Å². The Morgan fingerprint density at radius 3 is 2.59 bits per heavy atom. The Morgan fingerprint density at radius 2 is 1.82 bits per heavy atom. The summed E-state index contributed by atoms with van der Waals surface area (Å²) in [6.45, 7) is 0. The number of imidazole rings is 1. The van der Waals surface area contributed by atoms with E-state index in [0.717, 1.165) is 22.2 Å². The highest BCUT2D eigenvalue weighted by molar-refractivity contribution is 7.93. The van der Waals surface area contributed by atoms with Crippen LogP contribution in [-0.2, 0) is 0 Å². The molecule has 0 saturated carbocycles. The van der Waals surface area contributed by atoms with E-state index in [1.165, 1.54) is 0 Å². The van der Waals surface area contributed by atoms with Crippen LogP contribution >= 0.6 is 12.0 Å². The number of H-pyrrole nitrogens is 1. The predicted octanol–water partition coefficient (Wildman–Crippen LogP) is 3.80. The van der Waals surface area contributed by atoms with Gasteiger partial charge in [-0.25, -0.2) is 4.98 Å². The molecule has 1 heterocycles. The zero-order valence-corrected chi connectivity index (χ0v) is 9.74. The summed E-state index contributed by atoms with van der Waals surface area (Å²) in [6, 6.07) is 16.1. The molecule has 0 aliphatic rings. The second kappa shape index (κ2) is 4.24. The van der Waals surface area contributed by atoms with E-state index < -0.39 is 0 Å². The molecule has 2 aromatic carbocycles. The van der Waals surface area contributed by atoms with Gasteiger partial charge in [0.25, 0.3) is 0 Å². The average Bonchev–Trinajstić information content (AvgIpc) is 2.82. The minimum Gasteiger partial charge on any atom is -0.331 e. The quantitative estimate of drug-likeness (QED) is 0.672. The summed E-state index contributed by atoms with van der Waals surface area (Å²) >= 11 is 0.632. The lowest BCUT2D eigenvalue weighted by atomic mass is 10.0. The van der Waals surface area contributed by atoms with Crippen LogP contribution in [0.1, 0.15) is 0 Å². The molecular formula is C13H10N2OS. The minimum absolute atomic E-state index is 0.517. The second-order valence-electron chi connectivity index (χ2n) is 3.70. The average molecular weight is 242 g/mol. The number of aromatic amines is 1. The van der Waals surface area contributed by atoms with E-state index in [1.807, 2.05) is 36.4 Å². The molecule has 0 bridgehead atoms. The molecule has 84 valence electrons. The zero-order valence-electron chi connectivity index (χ0n) is 8.92. The Balaban J connectivity index is 2.26. The fourth-order valence-electron chi connectivity index (χ4n) is 1.90. The molecule has 1 aromatic heterocycles. The van der Waals surface area contributed by atoms with Crippen molar-refractivity contribution >= 4 is 23.1 Å². The number of para-hydroxylation sites is 1. The van der Waals surface area contributed by atoms with Crippen molar-refractivity contribution in [1.29, 1.82) is 0 Å². The van der Waals surface area contributed by atoms with Crippen LogP contribution in [-0.4, -0.2) is 14.5 Å². The normalized spacial score (nSPS) is 10.9. The molecule has 0 unspecified atom stereocenters. The third-order valence-corrected chi connectivity index (χ3v) is 3.03. The van der Waals surface area contributed by atoms with Gasteiger partial charge in [0.2, 0.25) is 0 Å². The topological polar surface area (TPSA) is 48.9 Å². The van der Waals surface area contributed by atoms with Crippen LogP contribution in [0.25, 0.3) is 22.2 Å². The van der Waals surface area contributed by atoms with Gasteiger partial charge in [-0.05, 0) is 11.6 Å². The van der Waals surface area contributed by atoms with Gasteiger partial charge in [-0.15, -0.1) is 0 Å². The molecule has 0 aliphatic carbocycles. The Hall–Kier alpha value is -1.78. The molecule has 0 aliphatic heterocycles. The van der Waals surface area contributed by atoms with E-state index in [4.69, 9.17) is 4.55 Å². The number of hydrogen-bond donors (Lipinski definition) is 2. The highest BCUT2D eigenvalue weighted by atomic mass is 32.2. The SMILES string of the molecule is OSc1nc2c(-c3ccccc3)cccc2[nH]1. The molecule has 0 saturated heterocycles. The van der Waals surface area contributed by atoms with E-state index in [0.29, 0.717) is 17.2 Å². The second-order valence-corrected chi connectivity index (χ2v) is 4.27. The Bertz CT molecular complexity index is 649. The molecule has 2 N–H and O–H groups in total. The number of hydrogen-bond acceptors (Lipinski definition) is 3. The fourth-order valence-corrected chi connectivity index (χ4v) is 2.19. The zero-order chi connectivity index (χ0) is 11.7. The van der Waals surface area contributed by atoms with Crippen molar-refractivity contribution in [2.75, 3.05) is 0 Å². The molecule has 4 heteroatoms. The first kappa shape index (κ1) is 10.4. The van der Waals surface area contributed by atoms with Crippen LogP contribution in [0.4, 0.5) is 0 Å². The van der Waals surface area contributed by atoms with E-state index in [9.17, 15) is 0 Å². The van der Waals surface area contributed by atoms with Crippen molar-refractivity contribution in [3.63, 3.8) is 0 Å². The van der Waals surface area contributed by atoms with Crippen molar-refractivity contribution < 1.29 is 4.55 Å². The van der Waals surface area contributed by atoms with Gasteiger partial charge in [0.15, 0.2) is 5.16 Å². The lowest BCUT2D eigenvalue weighted by Gasteiger charge is -2.01. The summed E-state index contributed by atoms with van der Waals surface area (Å²) in [7, 11) is 0.